The lowest BCUT2D eigenvalue weighted by atomic mass is 10.0. The Labute approximate surface area is 197 Å². The van der Waals surface area contributed by atoms with Crippen LogP contribution in [-0.2, 0) is 16.0 Å². The number of ether oxygens (including phenoxy) is 2. The second-order valence-corrected chi connectivity index (χ2v) is 8.80. The third-order valence-corrected chi connectivity index (χ3v) is 4.67. The summed E-state index contributed by atoms with van der Waals surface area (Å²) < 4.78 is 46.0. The molecule has 2 aromatic carbocycles. The van der Waals surface area contributed by atoms with Crippen LogP contribution in [0.5, 0.6) is 5.75 Å². The van der Waals surface area contributed by atoms with Crippen LogP contribution in [-0.4, -0.2) is 36.6 Å². The van der Waals surface area contributed by atoms with E-state index < -0.39 is 24.1 Å². The molecule has 0 aliphatic carbocycles. The van der Waals surface area contributed by atoms with Gasteiger partial charge in [0.1, 0.15) is 17.4 Å². The van der Waals surface area contributed by atoms with Crippen LogP contribution in [0.4, 0.5) is 18.0 Å². The number of hydrogen-bond acceptors (Lipinski definition) is 4. The summed E-state index contributed by atoms with van der Waals surface area (Å²) in [5.74, 6) is -0.545. The molecule has 0 fully saturated rings. The predicted octanol–water partition coefficient (Wildman–Crippen LogP) is 5.60. The van der Waals surface area contributed by atoms with E-state index in [4.69, 9.17) is 4.74 Å². The van der Waals surface area contributed by atoms with E-state index in [1.165, 1.54) is 12.1 Å². The van der Waals surface area contributed by atoms with Crippen molar-refractivity contribution < 1.29 is 32.2 Å². The molecule has 2 amide bonds. The van der Waals surface area contributed by atoms with Crippen LogP contribution >= 0.6 is 0 Å². The number of rotatable bonds is 9. The Morgan fingerprint density at radius 3 is 2.00 bits per heavy atom. The van der Waals surface area contributed by atoms with E-state index in [2.05, 4.69) is 15.4 Å². The summed E-state index contributed by atoms with van der Waals surface area (Å²) in [4.78, 5) is 24.5. The van der Waals surface area contributed by atoms with Crippen molar-refractivity contribution in [1.82, 2.24) is 10.6 Å². The maximum absolute atomic E-state index is 12.5. The average Bonchev–Trinajstić information content (AvgIpc) is 2.72. The zero-order chi connectivity index (χ0) is 25.4. The van der Waals surface area contributed by atoms with E-state index in [0.717, 1.165) is 23.1 Å². The molecule has 0 radical (unpaired) electrons. The van der Waals surface area contributed by atoms with Gasteiger partial charge in [-0.1, -0.05) is 49.7 Å². The van der Waals surface area contributed by atoms with Crippen LogP contribution in [0.15, 0.2) is 48.5 Å². The highest BCUT2D eigenvalue weighted by Crippen LogP contribution is 2.26. The van der Waals surface area contributed by atoms with Gasteiger partial charge in [-0.3, -0.25) is 4.79 Å². The van der Waals surface area contributed by atoms with Gasteiger partial charge in [0.25, 0.3) is 0 Å². The second-order valence-electron chi connectivity index (χ2n) is 8.80. The van der Waals surface area contributed by atoms with E-state index in [1.807, 2.05) is 31.2 Å². The highest BCUT2D eigenvalue weighted by molar-refractivity contribution is 5.85. The summed E-state index contributed by atoms with van der Waals surface area (Å²) in [5.41, 5.74) is 1.93. The molecule has 0 aromatic heterocycles. The lowest BCUT2D eigenvalue weighted by Gasteiger charge is -2.23. The van der Waals surface area contributed by atoms with Crippen molar-refractivity contribution in [3.8, 4) is 16.9 Å². The monoisotopic (exact) mass is 480 g/mol. The Morgan fingerprint density at radius 2 is 1.50 bits per heavy atom. The van der Waals surface area contributed by atoms with Crippen molar-refractivity contribution >= 4 is 12.0 Å². The quantitative estimate of drug-likeness (QED) is 0.490. The highest BCUT2D eigenvalue weighted by atomic mass is 19.4. The smallest absolute Gasteiger partial charge is 0.444 e. The number of hydrogen-bond donors (Lipinski definition) is 2. The molecule has 0 aliphatic rings. The number of benzene rings is 2. The van der Waals surface area contributed by atoms with Crippen LogP contribution in [0.2, 0.25) is 0 Å². The zero-order valence-electron chi connectivity index (χ0n) is 19.8. The van der Waals surface area contributed by atoms with Crippen molar-refractivity contribution in [2.75, 3.05) is 6.54 Å². The van der Waals surface area contributed by atoms with Crippen LogP contribution in [0.3, 0.4) is 0 Å². The predicted molar refractivity (Wildman–Crippen MR) is 123 cm³/mol. The minimum Gasteiger partial charge on any atom is -0.444 e. The van der Waals surface area contributed by atoms with Crippen molar-refractivity contribution in [1.29, 1.82) is 0 Å². The fourth-order valence-electron chi connectivity index (χ4n) is 3.17. The van der Waals surface area contributed by atoms with Crippen LogP contribution in [0.25, 0.3) is 11.1 Å². The first-order valence-electron chi connectivity index (χ1n) is 11.1. The van der Waals surface area contributed by atoms with E-state index in [9.17, 15) is 22.8 Å². The molecule has 0 aliphatic heterocycles. The third-order valence-electron chi connectivity index (χ3n) is 4.67. The van der Waals surface area contributed by atoms with Gasteiger partial charge < -0.3 is 20.1 Å². The van der Waals surface area contributed by atoms with E-state index in [-0.39, 0.29) is 11.7 Å². The summed E-state index contributed by atoms with van der Waals surface area (Å²) in [6.45, 7) is 7.58. The third kappa shape index (κ3) is 9.72. The highest BCUT2D eigenvalue weighted by Gasteiger charge is 2.31. The Hall–Kier alpha value is -3.23. The van der Waals surface area contributed by atoms with Gasteiger partial charge in [0.15, 0.2) is 0 Å². The molecule has 0 saturated carbocycles. The summed E-state index contributed by atoms with van der Waals surface area (Å²) in [6, 6.07) is 12.5. The number of nitrogens with one attached hydrogen (secondary N) is 2. The van der Waals surface area contributed by atoms with Gasteiger partial charge in [0.2, 0.25) is 5.91 Å². The molecule has 34 heavy (non-hydrogen) atoms. The molecule has 0 unspecified atom stereocenters. The van der Waals surface area contributed by atoms with Gasteiger partial charge in [0, 0.05) is 6.54 Å². The maximum Gasteiger partial charge on any atom is 0.573 e. The SMILES string of the molecule is CCC[C@H](NC(=O)OC(C)(C)C)C(=O)NCCc1ccc(-c2ccc(OC(F)(F)F)cc2)cc1. The Balaban J connectivity index is 1.87. The molecule has 0 saturated heterocycles. The lowest BCUT2D eigenvalue weighted by molar-refractivity contribution is -0.274. The number of alkyl carbamates (subject to hydrolysis) is 1. The van der Waals surface area contributed by atoms with Crippen molar-refractivity contribution in [2.24, 2.45) is 0 Å². The molecule has 9 heteroatoms. The van der Waals surface area contributed by atoms with Gasteiger partial charge in [-0.05, 0) is 62.4 Å². The molecule has 1 atom stereocenters. The van der Waals surface area contributed by atoms with E-state index >= 15 is 0 Å². The van der Waals surface area contributed by atoms with Crippen molar-refractivity contribution in [2.45, 2.75) is 65.0 Å². The fourth-order valence-corrected chi connectivity index (χ4v) is 3.17. The maximum atomic E-state index is 12.5. The van der Waals surface area contributed by atoms with Gasteiger partial charge in [-0.15, -0.1) is 13.2 Å². The van der Waals surface area contributed by atoms with Crippen molar-refractivity contribution in [3.63, 3.8) is 0 Å². The fraction of sp³-hybridized carbons (Fsp3) is 0.440. The van der Waals surface area contributed by atoms with Crippen molar-refractivity contribution in [3.05, 3.63) is 54.1 Å². The number of amides is 2. The number of carbonyl (C=O) groups excluding carboxylic acids is 2. The topological polar surface area (TPSA) is 76.7 Å². The number of halogens is 3. The summed E-state index contributed by atoms with van der Waals surface area (Å²) in [7, 11) is 0. The molecular weight excluding hydrogens is 449 g/mol. The molecule has 0 bridgehead atoms. The first kappa shape index (κ1) is 27.0. The van der Waals surface area contributed by atoms with Crippen LogP contribution in [0, 0.1) is 0 Å². The van der Waals surface area contributed by atoms with Crippen LogP contribution in [0.1, 0.15) is 46.1 Å². The minimum absolute atomic E-state index is 0.272. The Morgan fingerprint density at radius 1 is 0.941 bits per heavy atom. The van der Waals surface area contributed by atoms with E-state index in [0.29, 0.717) is 19.4 Å². The van der Waals surface area contributed by atoms with Gasteiger partial charge in [-0.25, -0.2) is 4.79 Å². The normalized spacial score (nSPS) is 12.6. The molecule has 0 spiro atoms. The largest absolute Gasteiger partial charge is 0.573 e. The molecule has 186 valence electrons. The van der Waals surface area contributed by atoms with Gasteiger partial charge in [0.05, 0.1) is 0 Å². The van der Waals surface area contributed by atoms with Crippen LogP contribution < -0.4 is 15.4 Å². The standard InChI is InChI=1S/C25H31F3N2O4/c1-5-6-21(30-23(32)34-24(2,3)4)22(31)29-16-15-17-7-9-18(10-8-17)19-11-13-20(14-12-19)33-25(26,27)28/h7-14,21H,5-6,15-16H2,1-4H3,(H,29,31)(H,30,32)/t21-/m0/s1. The van der Waals surface area contributed by atoms with Gasteiger partial charge in [-0.2, -0.15) is 0 Å². The molecule has 0 heterocycles. The second kappa shape index (κ2) is 11.8. The molecule has 2 aromatic rings. The molecule has 2 rings (SSSR count). The Kier molecular flexibility index (Phi) is 9.35. The summed E-state index contributed by atoms with van der Waals surface area (Å²) in [5, 5.41) is 5.46. The molecule has 6 nitrogen and oxygen atoms in total. The van der Waals surface area contributed by atoms with Gasteiger partial charge >= 0.3 is 12.5 Å². The first-order valence-corrected chi connectivity index (χ1v) is 11.1. The summed E-state index contributed by atoms with van der Waals surface area (Å²) >= 11 is 0. The van der Waals surface area contributed by atoms with E-state index in [1.54, 1.807) is 32.9 Å². The lowest BCUT2D eigenvalue weighted by Crippen LogP contribution is -2.48. The zero-order valence-corrected chi connectivity index (χ0v) is 19.8. The number of alkyl halides is 3. The summed E-state index contributed by atoms with van der Waals surface area (Å²) in [6.07, 6.45) is -3.56. The average molecular weight is 481 g/mol. The Bertz CT molecular complexity index is 937. The first-order chi connectivity index (χ1) is 15.9. The minimum atomic E-state index is -4.72. The molecular formula is C25H31F3N2O4. The number of carbonyl (C=O) groups is 2. The molecule has 2 N–H and O–H groups in total.